The van der Waals surface area contributed by atoms with E-state index in [0.29, 0.717) is 12.5 Å². The normalized spacial score (nSPS) is 8.88. The van der Waals surface area contributed by atoms with Crippen LogP contribution in [0.25, 0.3) is 0 Å². The first-order chi connectivity index (χ1) is 3.72. The van der Waals surface area contributed by atoms with Gasteiger partial charge in [-0.2, -0.15) is 0 Å². The second-order valence-electron chi connectivity index (χ2n) is 1.49. The summed E-state index contributed by atoms with van der Waals surface area (Å²) in [5.74, 6) is 0.0301. The molecule has 0 saturated carbocycles. The third-order valence-electron chi connectivity index (χ3n) is 0.971. The van der Waals surface area contributed by atoms with E-state index in [9.17, 15) is 4.79 Å². The first-order valence-corrected chi connectivity index (χ1v) is 3.07. The van der Waals surface area contributed by atoms with Gasteiger partial charge in [0.25, 0.3) is 0 Å². The maximum absolute atomic E-state index is 10.4. The molecule has 0 heterocycles. The molecular weight excluding hydrogens is 126 g/mol. The van der Waals surface area contributed by atoms with Gasteiger partial charge in [-0.3, -0.25) is 4.79 Å². The summed E-state index contributed by atoms with van der Waals surface area (Å²) >= 11 is 5.37. The van der Waals surface area contributed by atoms with Crippen molar-refractivity contribution in [3.05, 3.63) is 0 Å². The zero-order chi connectivity index (χ0) is 6.57. The summed E-state index contributed by atoms with van der Waals surface area (Å²) in [5, 5.41) is 0. The average molecular weight is 136 g/mol. The predicted molar refractivity (Wildman–Crippen MR) is 33.8 cm³/mol. The molecule has 2 nitrogen and oxygen atoms in total. The minimum atomic E-state index is 0.0301. The number of halogens is 1. The molecule has 0 rings (SSSR count). The quantitative estimate of drug-likeness (QED) is 0.410. The van der Waals surface area contributed by atoms with Crippen LogP contribution in [0.15, 0.2) is 0 Å². The Morgan fingerprint density at radius 1 is 1.75 bits per heavy atom. The molecule has 0 spiro atoms. The fourth-order valence-electron chi connectivity index (χ4n) is 0.391. The van der Waals surface area contributed by atoms with E-state index in [1.54, 1.807) is 4.90 Å². The molecule has 0 saturated heterocycles. The lowest BCUT2D eigenvalue weighted by atomic mass is 10.6. The van der Waals surface area contributed by atoms with Gasteiger partial charge in [-0.1, -0.05) is 0 Å². The van der Waals surface area contributed by atoms with E-state index in [4.69, 9.17) is 11.6 Å². The lowest BCUT2D eigenvalue weighted by molar-refractivity contribution is -0.127. The van der Waals surface area contributed by atoms with Gasteiger partial charge in [0.15, 0.2) is 0 Å². The maximum Gasteiger partial charge on any atom is 0.220 e. The highest BCUT2D eigenvalue weighted by Gasteiger charge is 2.00. The van der Waals surface area contributed by atoms with E-state index in [-0.39, 0.29) is 5.91 Å². The molecule has 0 aliphatic rings. The zero-order valence-corrected chi connectivity index (χ0v) is 5.90. The summed E-state index contributed by atoms with van der Waals surface area (Å²) in [4.78, 5) is 12.0. The Bertz CT molecular complexity index is 80.5. The fraction of sp³-hybridized carbons (Fsp3) is 0.800. The van der Waals surface area contributed by atoms with Crippen molar-refractivity contribution in [2.45, 2.75) is 13.8 Å². The van der Waals surface area contributed by atoms with Gasteiger partial charge in [0.2, 0.25) is 5.91 Å². The Morgan fingerprint density at radius 2 is 2.25 bits per heavy atom. The Morgan fingerprint density at radius 3 is 2.25 bits per heavy atom. The van der Waals surface area contributed by atoms with Crippen LogP contribution < -0.4 is 0 Å². The molecule has 0 unspecified atom stereocenters. The van der Waals surface area contributed by atoms with Crippen molar-refractivity contribution >= 4 is 17.5 Å². The number of nitrogens with zero attached hydrogens (tertiary/aromatic N) is 1. The van der Waals surface area contributed by atoms with Gasteiger partial charge in [-0.15, -0.1) is 11.6 Å². The minimum Gasteiger partial charge on any atom is -0.329 e. The highest BCUT2D eigenvalue weighted by atomic mass is 35.5. The fourth-order valence-corrected chi connectivity index (χ4v) is 0.729. The number of hydrogen-bond acceptors (Lipinski definition) is 1. The van der Waals surface area contributed by atoms with Crippen LogP contribution in [0, 0.1) is 0 Å². The second kappa shape index (κ2) is 3.72. The van der Waals surface area contributed by atoms with Crippen LogP contribution >= 0.6 is 11.6 Å². The molecule has 0 radical (unpaired) electrons. The largest absolute Gasteiger partial charge is 0.329 e. The van der Waals surface area contributed by atoms with Crippen molar-refractivity contribution in [1.29, 1.82) is 0 Å². The molecule has 8 heavy (non-hydrogen) atoms. The molecule has 0 aliphatic carbocycles. The Kier molecular flexibility index (Phi) is 3.61. The summed E-state index contributed by atoms with van der Waals surface area (Å²) < 4.78 is 0. The van der Waals surface area contributed by atoms with E-state index in [2.05, 4.69) is 0 Å². The van der Waals surface area contributed by atoms with Gasteiger partial charge >= 0.3 is 0 Å². The third-order valence-corrected chi connectivity index (χ3v) is 1.26. The SMILES string of the molecule is CCN(CCl)C(C)=O. The molecule has 0 aromatic carbocycles. The van der Waals surface area contributed by atoms with Gasteiger partial charge < -0.3 is 4.90 Å². The van der Waals surface area contributed by atoms with Crippen molar-refractivity contribution in [3.8, 4) is 0 Å². The van der Waals surface area contributed by atoms with Gasteiger partial charge in [-0.25, -0.2) is 0 Å². The van der Waals surface area contributed by atoms with E-state index < -0.39 is 0 Å². The van der Waals surface area contributed by atoms with Gasteiger partial charge in [-0.05, 0) is 6.92 Å². The second-order valence-corrected chi connectivity index (χ2v) is 1.73. The highest BCUT2D eigenvalue weighted by molar-refractivity contribution is 6.18. The molecule has 48 valence electrons. The predicted octanol–water partition coefficient (Wildman–Crippen LogP) is 1.05. The van der Waals surface area contributed by atoms with Crippen molar-refractivity contribution in [1.82, 2.24) is 4.90 Å². The summed E-state index contributed by atoms with van der Waals surface area (Å²) in [7, 11) is 0. The van der Waals surface area contributed by atoms with Crippen LogP contribution in [0.3, 0.4) is 0 Å². The van der Waals surface area contributed by atoms with Crippen LogP contribution in [-0.2, 0) is 4.79 Å². The maximum atomic E-state index is 10.4. The van der Waals surface area contributed by atoms with Crippen molar-refractivity contribution in [3.63, 3.8) is 0 Å². The lowest BCUT2D eigenvalue weighted by Gasteiger charge is -2.13. The third kappa shape index (κ3) is 2.17. The minimum absolute atomic E-state index is 0.0301. The van der Waals surface area contributed by atoms with Crippen molar-refractivity contribution in [2.75, 3.05) is 12.5 Å². The van der Waals surface area contributed by atoms with Crippen LogP contribution in [0.4, 0.5) is 0 Å². The topological polar surface area (TPSA) is 20.3 Å². The van der Waals surface area contributed by atoms with E-state index in [1.165, 1.54) is 6.92 Å². The summed E-state index contributed by atoms with van der Waals surface area (Å²) in [6.45, 7) is 4.09. The number of alkyl halides is 1. The van der Waals surface area contributed by atoms with E-state index >= 15 is 0 Å². The monoisotopic (exact) mass is 135 g/mol. The van der Waals surface area contributed by atoms with Crippen LogP contribution in [-0.4, -0.2) is 23.4 Å². The molecule has 0 bridgehead atoms. The van der Waals surface area contributed by atoms with Crippen molar-refractivity contribution in [2.24, 2.45) is 0 Å². The first kappa shape index (κ1) is 7.76. The standard InChI is InChI=1S/C5H10ClNO/c1-3-7(4-6)5(2)8/h3-4H2,1-2H3. The summed E-state index contributed by atoms with van der Waals surface area (Å²) in [5.41, 5.74) is 0. The molecule has 0 aromatic heterocycles. The molecular formula is C5H10ClNO. The Labute approximate surface area is 54.4 Å². The molecule has 1 amide bonds. The van der Waals surface area contributed by atoms with Gasteiger partial charge in [0.05, 0.1) is 6.00 Å². The number of hydrogen-bond donors (Lipinski definition) is 0. The Balaban J connectivity index is 3.52. The van der Waals surface area contributed by atoms with Crippen LogP contribution in [0.5, 0.6) is 0 Å². The zero-order valence-electron chi connectivity index (χ0n) is 5.15. The number of rotatable bonds is 2. The molecule has 0 N–H and O–H groups in total. The van der Waals surface area contributed by atoms with E-state index in [1.807, 2.05) is 6.92 Å². The number of carbonyl (C=O) groups is 1. The van der Waals surface area contributed by atoms with E-state index in [0.717, 1.165) is 0 Å². The van der Waals surface area contributed by atoms with Gasteiger partial charge in [0, 0.05) is 13.5 Å². The average Bonchev–Trinajstić information content (AvgIpc) is 1.69. The van der Waals surface area contributed by atoms with Crippen molar-refractivity contribution < 1.29 is 4.79 Å². The molecule has 0 atom stereocenters. The molecule has 0 aliphatic heterocycles. The number of amides is 1. The summed E-state index contributed by atoms with van der Waals surface area (Å²) in [6.07, 6.45) is 0. The van der Waals surface area contributed by atoms with Gasteiger partial charge in [0.1, 0.15) is 0 Å². The molecule has 0 fully saturated rings. The Hall–Kier alpha value is -0.240. The smallest absolute Gasteiger partial charge is 0.220 e. The molecule has 3 heteroatoms. The molecule has 0 aromatic rings. The number of carbonyl (C=O) groups excluding carboxylic acids is 1. The lowest BCUT2D eigenvalue weighted by Crippen LogP contribution is -2.26. The first-order valence-electron chi connectivity index (χ1n) is 2.53. The van der Waals surface area contributed by atoms with Crippen LogP contribution in [0.1, 0.15) is 13.8 Å². The highest BCUT2D eigenvalue weighted by Crippen LogP contribution is 1.89. The van der Waals surface area contributed by atoms with Crippen LogP contribution in [0.2, 0.25) is 0 Å². The summed E-state index contributed by atoms with van der Waals surface area (Å²) in [6, 6.07) is 0.297.